The van der Waals surface area contributed by atoms with Crippen molar-refractivity contribution in [3.8, 4) is 0 Å². The molecule has 1 aliphatic rings. The van der Waals surface area contributed by atoms with E-state index in [1.807, 2.05) is 6.92 Å². The lowest BCUT2D eigenvalue weighted by molar-refractivity contribution is 0.306. The molecule has 5 heteroatoms. The Hall–Kier alpha value is -0.550. The van der Waals surface area contributed by atoms with Crippen molar-refractivity contribution in [1.82, 2.24) is 4.72 Å². The summed E-state index contributed by atoms with van der Waals surface area (Å²) in [4.78, 5) is 0. The van der Waals surface area contributed by atoms with Gasteiger partial charge in [-0.25, -0.2) is 0 Å². The van der Waals surface area contributed by atoms with Crippen molar-refractivity contribution in [1.29, 1.82) is 0 Å². The molecule has 0 aliphatic carbocycles. The molecule has 1 N–H and O–H groups in total. The minimum Gasteiger partial charge on any atom is -0.265 e. The number of nitrogens with one attached hydrogen (secondary N) is 1. The van der Waals surface area contributed by atoms with Crippen molar-refractivity contribution in [3.05, 3.63) is 11.8 Å². The summed E-state index contributed by atoms with van der Waals surface area (Å²) in [5, 5.41) is 0. The van der Waals surface area contributed by atoms with Crippen LogP contribution in [-0.2, 0) is 14.5 Å². The minimum absolute atomic E-state index is 0.215. The van der Waals surface area contributed by atoms with E-state index in [-0.39, 0.29) is 12.5 Å². The Morgan fingerprint density at radius 2 is 2.33 bits per heavy atom. The van der Waals surface area contributed by atoms with Crippen LogP contribution < -0.4 is 4.72 Å². The van der Waals surface area contributed by atoms with Crippen LogP contribution in [0.5, 0.6) is 0 Å². The zero-order valence-corrected chi connectivity index (χ0v) is 8.02. The number of hydrogen-bond donors (Lipinski definition) is 1. The molecule has 1 heterocycles. The summed E-state index contributed by atoms with van der Waals surface area (Å²) in [6.45, 7) is 4.03. The second-order valence-electron chi connectivity index (χ2n) is 2.81. The van der Waals surface area contributed by atoms with E-state index in [0.29, 0.717) is 5.70 Å². The Kier molecular flexibility index (Phi) is 2.74. The van der Waals surface area contributed by atoms with Gasteiger partial charge in [-0.05, 0) is 19.3 Å². The molecule has 1 fully saturated rings. The largest absolute Gasteiger partial charge is 0.359 e. The number of allylic oxidation sites excluding steroid dienone is 2. The topological polar surface area (TPSA) is 55.4 Å². The molecule has 1 saturated heterocycles. The first kappa shape index (κ1) is 9.54. The van der Waals surface area contributed by atoms with Crippen LogP contribution >= 0.6 is 0 Å². The molecule has 1 aliphatic heterocycles. The van der Waals surface area contributed by atoms with Gasteiger partial charge in [-0.2, -0.15) is 8.42 Å². The Labute approximate surface area is 72.9 Å². The van der Waals surface area contributed by atoms with Crippen LogP contribution in [0.1, 0.15) is 20.3 Å². The molecule has 0 bridgehead atoms. The van der Waals surface area contributed by atoms with E-state index in [9.17, 15) is 8.42 Å². The molecule has 0 saturated carbocycles. The third kappa shape index (κ3) is 2.22. The van der Waals surface area contributed by atoms with Gasteiger partial charge in [0, 0.05) is 5.70 Å². The zero-order valence-electron chi connectivity index (χ0n) is 7.20. The van der Waals surface area contributed by atoms with Crippen molar-refractivity contribution >= 4 is 10.3 Å². The van der Waals surface area contributed by atoms with Crippen molar-refractivity contribution in [2.45, 2.75) is 20.3 Å². The highest BCUT2D eigenvalue weighted by Crippen LogP contribution is 2.17. The third-order valence-electron chi connectivity index (χ3n) is 1.87. The SMILES string of the molecule is C/C=C1/NS(=O)(=O)OCC[C@H]1C. The molecule has 0 spiro atoms. The molecule has 0 radical (unpaired) electrons. The second kappa shape index (κ2) is 3.45. The van der Waals surface area contributed by atoms with Gasteiger partial charge in [0.25, 0.3) is 0 Å². The molecule has 0 unspecified atom stereocenters. The summed E-state index contributed by atoms with van der Waals surface area (Å²) < 4.78 is 29.0. The fraction of sp³-hybridized carbons (Fsp3) is 0.714. The molecular formula is C7H13NO3S. The maximum Gasteiger partial charge on any atom is 0.359 e. The highest BCUT2D eigenvalue weighted by Gasteiger charge is 2.21. The predicted molar refractivity (Wildman–Crippen MR) is 45.5 cm³/mol. The molecule has 0 amide bonds. The van der Waals surface area contributed by atoms with Gasteiger partial charge in [-0.15, -0.1) is 0 Å². The van der Waals surface area contributed by atoms with Crippen molar-refractivity contribution in [2.75, 3.05) is 6.61 Å². The first-order chi connectivity index (χ1) is 5.55. The van der Waals surface area contributed by atoms with Crippen LogP contribution in [-0.4, -0.2) is 15.0 Å². The van der Waals surface area contributed by atoms with Gasteiger partial charge < -0.3 is 0 Å². The number of hydrogen-bond acceptors (Lipinski definition) is 3. The Balaban J connectivity index is 2.87. The second-order valence-corrected chi connectivity index (χ2v) is 4.16. The first-order valence-corrected chi connectivity index (χ1v) is 5.29. The molecule has 0 aromatic rings. The molecular weight excluding hydrogens is 178 g/mol. The average Bonchev–Trinajstić information content (AvgIpc) is 2.10. The summed E-state index contributed by atoms with van der Waals surface area (Å²) in [5.41, 5.74) is 0.715. The Morgan fingerprint density at radius 1 is 1.67 bits per heavy atom. The van der Waals surface area contributed by atoms with E-state index in [4.69, 9.17) is 0 Å². The normalized spacial score (nSPS) is 32.5. The smallest absolute Gasteiger partial charge is 0.265 e. The molecule has 1 rings (SSSR count). The lowest BCUT2D eigenvalue weighted by Crippen LogP contribution is -2.24. The van der Waals surface area contributed by atoms with Gasteiger partial charge in [0.2, 0.25) is 0 Å². The van der Waals surface area contributed by atoms with E-state index in [0.717, 1.165) is 6.42 Å². The highest BCUT2D eigenvalue weighted by molar-refractivity contribution is 7.84. The lowest BCUT2D eigenvalue weighted by Gasteiger charge is -2.10. The van der Waals surface area contributed by atoms with E-state index in [1.165, 1.54) is 0 Å². The van der Waals surface area contributed by atoms with E-state index in [2.05, 4.69) is 8.91 Å². The van der Waals surface area contributed by atoms with Crippen LogP contribution in [0.3, 0.4) is 0 Å². The Morgan fingerprint density at radius 3 is 2.92 bits per heavy atom. The zero-order chi connectivity index (χ0) is 9.19. The van der Waals surface area contributed by atoms with Crippen LogP contribution in [0.25, 0.3) is 0 Å². The third-order valence-corrected chi connectivity index (χ3v) is 2.84. The van der Waals surface area contributed by atoms with Gasteiger partial charge in [-0.3, -0.25) is 8.91 Å². The van der Waals surface area contributed by atoms with Gasteiger partial charge in [0.05, 0.1) is 6.61 Å². The van der Waals surface area contributed by atoms with Crippen molar-refractivity contribution in [2.24, 2.45) is 5.92 Å². The number of rotatable bonds is 0. The molecule has 1 atom stereocenters. The van der Waals surface area contributed by atoms with Gasteiger partial charge in [-0.1, -0.05) is 13.0 Å². The Bertz CT molecular complexity index is 281. The van der Waals surface area contributed by atoms with Crippen LogP contribution in [0.2, 0.25) is 0 Å². The first-order valence-electron chi connectivity index (χ1n) is 3.88. The van der Waals surface area contributed by atoms with Crippen molar-refractivity contribution < 1.29 is 12.6 Å². The van der Waals surface area contributed by atoms with Gasteiger partial charge >= 0.3 is 10.3 Å². The summed E-state index contributed by atoms with van der Waals surface area (Å²) in [6, 6.07) is 0. The summed E-state index contributed by atoms with van der Waals surface area (Å²) >= 11 is 0. The van der Waals surface area contributed by atoms with Crippen LogP contribution in [0.15, 0.2) is 11.8 Å². The van der Waals surface area contributed by atoms with Crippen molar-refractivity contribution in [3.63, 3.8) is 0 Å². The highest BCUT2D eigenvalue weighted by atomic mass is 32.2. The lowest BCUT2D eigenvalue weighted by atomic mass is 10.1. The summed E-state index contributed by atoms with van der Waals surface area (Å²) in [6.07, 6.45) is 2.49. The summed E-state index contributed by atoms with van der Waals surface area (Å²) in [7, 11) is -3.53. The van der Waals surface area contributed by atoms with Crippen LogP contribution in [0.4, 0.5) is 0 Å². The predicted octanol–water partition coefficient (Wildman–Crippen LogP) is 0.781. The summed E-state index contributed by atoms with van der Waals surface area (Å²) in [5.74, 6) is 0.215. The average molecular weight is 191 g/mol. The molecule has 0 aromatic carbocycles. The quantitative estimate of drug-likeness (QED) is 0.615. The standard InChI is InChI=1S/C7H13NO3S/c1-3-7-6(2)4-5-11-12(9,10)8-7/h3,6,8H,4-5H2,1-2H3/b7-3+/t6-/m1/s1. The fourth-order valence-corrected chi connectivity index (χ4v) is 2.09. The van der Waals surface area contributed by atoms with E-state index < -0.39 is 10.3 Å². The van der Waals surface area contributed by atoms with E-state index in [1.54, 1.807) is 13.0 Å². The minimum atomic E-state index is -3.53. The molecule has 70 valence electrons. The van der Waals surface area contributed by atoms with E-state index >= 15 is 0 Å². The van der Waals surface area contributed by atoms with Gasteiger partial charge in [0.1, 0.15) is 0 Å². The molecule has 4 nitrogen and oxygen atoms in total. The monoisotopic (exact) mass is 191 g/mol. The fourth-order valence-electron chi connectivity index (χ4n) is 1.11. The molecule has 12 heavy (non-hydrogen) atoms. The van der Waals surface area contributed by atoms with Crippen LogP contribution in [0, 0.1) is 5.92 Å². The maximum absolute atomic E-state index is 11.0. The maximum atomic E-state index is 11.0. The molecule has 0 aromatic heterocycles. The van der Waals surface area contributed by atoms with Gasteiger partial charge in [0.15, 0.2) is 0 Å².